The van der Waals surface area contributed by atoms with Crippen LogP contribution in [-0.2, 0) is 4.74 Å². The lowest BCUT2D eigenvalue weighted by Crippen LogP contribution is -2.44. The summed E-state index contributed by atoms with van der Waals surface area (Å²) in [4.78, 5) is 14.2. The third-order valence-corrected chi connectivity index (χ3v) is 2.91. The van der Waals surface area contributed by atoms with E-state index in [2.05, 4.69) is 4.90 Å². The maximum Gasteiger partial charge on any atom is 0.192 e. The van der Waals surface area contributed by atoms with E-state index in [4.69, 9.17) is 16.3 Å². The average Bonchev–Trinajstić information content (AvgIpc) is 2.28. The summed E-state index contributed by atoms with van der Waals surface area (Å²) in [6, 6.07) is 6.99. The van der Waals surface area contributed by atoms with Gasteiger partial charge in [0.2, 0.25) is 0 Å². The Morgan fingerprint density at radius 2 is 2.38 bits per heavy atom. The summed E-state index contributed by atoms with van der Waals surface area (Å²) in [7, 11) is 1.99. The molecule has 1 aromatic rings. The molecule has 0 bridgehead atoms. The zero-order valence-electron chi connectivity index (χ0n) is 9.15. The van der Waals surface area contributed by atoms with E-state index in [-0.39, 0.29) is 11.9 Å². The number of morpholine rings is 1. The number of carbonyl (C=O) groups excluding carboxylic acids is 1. The minimum absolute atomic E-state index is 0.00838. The molecule has 1 atom stereocenters. The van der Waals surface area contributed by atoms with Crippen molar-refractivity contribution in [3.05, 3.63) is 34.9 Å². The fourth-order valence-corrected chi connectivity index (χ4v) is 1.95. The van der Waals surface area contributed by atoms with Gasteiger partial charge in [-0.25, -0.2) is 0 Å². The Balaban J connectivity index is 2.12. The molecule has 0 aliphatic carbocycles. The fourth-order valence-electron chi connectivity index (χ4n) is 1.76. The van der Waals surface area contributed by atoms with Gasteiger partial charge in [0, 0.05) is 23.7 Å². The van der Waals surface area contributed by atoms with Crippen molar-refractivity contribution in [3.63, 3.8) is 0 Å². The Labute approximate surface area is 100.0 Å². The average molecular weight is 240 g/mol. The number of ketones is 1. The van der Waals surface area contributed by atoms with Gasteiger partial charge in [-0.1, -0.05) is 23.7 Å². The topological polar surface area (TPSA) is 29.5 Å². The van der Waals surface area contributed by atoms with Crippen molar-refractivity contribution < 1.29 is 9.53 Å². The van der Waals surface area contributed by atoms with Crippen molar-refractivity contribution in [2.45, 2.75) is 6.10 Å². The summed E-state index contributed by atoms with van der Waals surface area (Å²) in [5.74, 6) is 0.00838. The number of ether oxygens (including phenoxy) is 1. The first-order valence-corrected chi connectivity index (χ1v) is 5.64. The molecule has 1 aliphatic heterocycles. The van der Waals surface area contributed by atoms with Crippen LogP contribution in [0.1, 0.15) is 10.4 Å². The Morgan fingerprint density at radius 1 is 1.56 bits per heavy atom. The molecule has 0 N–H and O–H groups in total. The molecular formula is C12H14ClNO2. The molecule has 1 unspecified atom stereocenters. The van der Waals surface area contributed by atoms with Crippen LogP contribution in [-0.4, -0.2) is 43.5 Å². The van der Waals surface area contributed by atoms with E-state index in [0.717, 1.165) is 6.54 Å². The molecule has 0 amide bonds. The molecule has 0 saturated carbocycles. The standard InChI is InChI=1S/C12H14ClNO2/c1-14-5-6-16-11(8-14)12(15)9-3-2-4-10(13)7-9/h2-4,7,11H,5-6,8H2,1H3. The lowest BCUT2D eigenvalue weighted by atomic mass is 10.1. The van der Waals surface area contributed by atoms with Crippen LogP contribution in [0.3, 0.4) is 0 Å². The molecule has 1 fully saturated rings. The summed E-state index contributed by atoms with van der Waals surface area (Å²) in [5, 5.41) is 0.579. The van der Waals surface area contributed by atoms with Crippen molar-refractivity contribution in [2.24, 2.45) is 0 Å². The van der Waals surface area contributed by atoms with Crippen LogP contribution in [0.2, 0.25) is 5.02 Å². The van der Waals surface area contributed by atoms with Gasteiger partial charge in [-0.2, -0.15) is 0 Å². The first-order valence-electron chi connectivity index (χ1n) is 5.27. The number of hydrogen-bond donors (Lipinski definition) is 0. The normalized spacial score (nSPS) is 22.0. The highest BCUT2D eigenvalue weighted by Gasteiger charge is 2.25. The van der Waals surface area contributed by atoms with Gasteiger partial charge in [0.05, 0.1) is 6.61 Å². The van der Waals surface area contributed by atoms with E-state index in [1.165, 1.54) is 0 Å². The zero-order valence-corrected chi connectivity index (χ0v) is 9.91. The van der Waals surface area contributed by atoms with Crippen molar-refractivity contribution in [2.75, 3.05) is 26.7 Å². The van der Waals surface area contributed by atoms with Crippen LogP contribution in [0, 0.1) is 0 Å². The predicted octanol–water partition coefficient (Wildman–Crippen LogP) is 1.85. The molecule has 1 saturated heterocycles. The number of benzene rings is 1. The number of halogens is 1. The van der Waals surface area contributed by atoms with E-state index >= 15 is 0 Å². The van der Waals surface area contributed by atoms with E-state index in [1.54, 1.807) is 24.3 Å². The number of rotatable bonds is 2. The van der Waals surface area contributed by atoms with E-state index < -0.39 is 0 Å². The van der Waals surface area contributed by atoms with Gasteiger partial charge >= 0.3 is 0 Å². The van der Waals surface area contributed by atoms with E-state index in [1.807, 2.05) is 7.05 Å². The second kappa shape index (κ2) is 4.95. The van der Waals surface area contributed by atoms with E-state index in [0.29, 0.717) is 23.7 Å². The molecule has 4 heteroatoms. The molecule has 1 heterocycles. The Bertz CT molecular complexity index is 394. The van der Waals surface area contributed by atoms with Crippen molar-refractivity contribution in [3.8, 4) is 0 Å². The number of Topliss-reactive ketones (excluding diaryl/α,β-unsaturated/α-hetero) is 1. The Kier molecular flexibility index (Phi) is 3.59. The lowest BCUT2D eigenvalue weighted by molar-refractivity contribution is -0.00862. The molecule has 1 aromatic carbocycles. The van der Waals surface area contributed by atoms with Gasteiger partial charge in [0.15, 0.2) is 5.78 Å². The summed E-state index contributed by atoms with van der Waals surface area (Å²) in [5.41, 5.74) is 0.618. The maximum atomic E-state index is 12.1. The van der Waals surface area contributed by atoms with Crippen molar-refractivity contribution >= 4 is 17.4 Å². The van der Waals surface area contributed by atoms with Crippen molar-refractivity contribution in [1.82, 2.24) is 4.90 Å². The Hall–Kier alpha value is -0.900. The van der Waals surface area contributed by atoms with Gasteiger partial charge < -0.3 is 9.64 Å². The molecular weight excluding hydrogens is 226 g/mol. The summed E-state index contributed by atoms with van der Waals surface area (Å²) in [6.45, 7) is 2.12. The second-order valence-electron chi connectivity index (χ2n) is 4.00. The zero-order chi connectivity index (χ0) is 11.5. The van der Waals surface area contributed by atoms with Crippen LogP contribution in [0.5, 0.6) is 0 Å². The monoisotopic (exact) mass is 239 g/mol. The quantitative estimate of drug-likeness (QED) is 0.738. The minimum atomic E-state index is -0.364. The SMILES string of the molecule is CN1CCOC(C(=O)c2cccc(Cl)c2)C1. The van der Waals surface area contributed by atoms with Gasteiger partial charge in [0.25, 0.3) is 0 Å². The molecule has 86 valence electrons. The highest BCUT2D eigenvalue weighted by Crippen LogP contribution is 2.15. The predicted molar refractivity (Wildman–Crippen MR) is 63.0 cm³/mol. The Morgan fingerprint density at radius 3 is 3.06 bits per heavy atom. The van der Waals surface area contributed by atoms with Crippen LogP contribution in [0.4, 0.5) is 0 Å². The molecule has 3 nitrogen and oxygen atoms in total. The summed E-state index contributed by atoms with van der Waals surface area (Å²) < 4.78 is 5.47. The van der Waals surface area contributed by atoms with Crippen molar-refractivity contribution in [1.29, 1.82) is 0 Å². The number of hydrogen-bond acceptors (Lipinski definition) is 3. The maximum absolute atomic E-state index is 12.1. The highest BCUT2D eigenvalue weighted by atomic mass is 35.5. The molecule has 0 radical (unpaired) electrons. The smallest absolute Gasteiger partial charge is 0.192 e. The van der Waals surface area contributed by atoms with Gasteiger partial charge in [0.1, 0.15) is 6.10 Å². The molecule has 16 heavy (non-hydrogen) atoms. The third kappa shape index (κ3) is 2.61. The second-order valence-corrected chi connectivity index (χ2v) is 4.43. The van der Waals surface area contributed by atoms with Crippen LogP contribution < -0.4 is 0 Å². The largest absolute Gasteiger partial charge is 0.367 e. The van der Waals surface area contributed by atoms with E-state index in [9.17, 15) is 4.79 Å². The first-order chi connectivity index (χ1) is 7.66. The molecule has 0 aromatic heterocycles. The summed E-state index contributed by atoms with van der Waals surface area (Å²) >= 11 is 5.85. The van der Waals surface area contributed by atoms with Gasteiger partial charge in [-0.05, 0) is 19.2 Å². The number of nitrogens with zero attached hydrogens (tertiary/aromatic N) is 1. The molecule has 2 rings (SSSR count). The molecule has 0 spiro atoms. The number of likely N-dealkylation sites (N-methyl/N-ethyl adjacent to an activating group) is 1. The van der Waals surface area contributed by atoms with Gasteiger partial charge in [-0.3, -0.25) is 4.79 Å². The van der Waals surface area contributed by atoms with Crippen LogP contribution in [0.25, 0.3) is 0 Å². The minimum Gasteiger partial charge on any atom is -0.367 e. The van der Waals surface area contributed by atoms with Gasteiger partial charge in [-0.15, -0.1) is 0 Å². The summed E-state index contributed by atoms with van der Waals surface area (Å²) in [6.07, 6.45) is -0.364. The third-order valence-electron chi connectivity index (χ3n) is 2.67. The van der Waals surface area contributed by atoms with Crippen LogP contribution in [0.15, 0.2) is 24.3 Å². The first kappa shape index (κ1) is 11.6. The number of carbonyl (C=O) groups is 1. The lowest BCUT2D eigenvalue weighted by Gasteiger charge is -2.29. The fraction of sp³-hybridized carbons (Fsp3) is 0.417. The highest BCUT2D eigenvalue weighted by molar-refractivity contribution is 6.31. The van der Waals surface area contributed by atoms with Crippen LogP contribution >= 0.6 is 11.6 Å². The molecule has 1 aliphatic rings.